The first-order valence-electron chi connectivity index (χ1n) is 8.98. The molecule has 0 radical (unpaired) electrons. The second kappa shape index (κ2) is 7.97. The molecule has 0 saturated carbocycles. The normalized spacial score (nSPS) is 20.9. The molecular weight excluding hydrogens is 332 g/mol. The highest BCUT2D eigenvalue weighted by Gasteiger charge is 2.35. The number of piperidine rings is 1. The Balaban J connectivity index is 1.50. The van der Waals surface area contributed by atoms with Crippen molar-refractivity contribution >= 4 is 5.91 Å². The number of carbonyl (C=O) groups excluding carboxylic acids is 1. The Kier molecular flexibility index (Phi) is 5.68. The highest BCUT2D eigenvalue weighted by Crippen LogP contribution is 2.24. The molecular formula is C19H26N4O3. The Bertz CT molecular complexity index is 761. The lowest BCUT2D eigenvalue weighted by Crippen LogP contribution is -2.51. The fraction of sp³-hybridized carbons (Fsp3) is 0.526. The molecule has 7 heteroatoms. The average Bonchev–Trinajstić information content (AvgIpc) is 2.97. The highest BCUT2D eigenvalue weighted by atomic mass is 16.5. The molecule has 1 fully saturated rings. The summed E-state index contributed by atoms with van der Waals surface area (Å²) in [5, 5.41) is 17.6. The van der Waals surface area contributed by atoms with Gasteiger partial charge in [-0.2, -0.15) is 4.98 Å². The fourth-order valence-corrected chi connectivity index (χ4v) is 3.46. The van der Waals surface area contributed by atoms with Gasteiger partial charge in [0.25, 0.3) is 0 Å². The number of benzene rings is 1. The molecule has 2 aromatic rings. The second-order valence-corrected chi connectivity index (χ2v) is 7.22. The summed E-state index contributed by atoms with van der Waals surface area (Å²) in [5.74, 6) is 0.965. The molecule has 140 valence electrons. The maximum absolute atomic E-state index is 12.3. The molecule has 3 rings (SSSR count). The van der Waals surface area contributed by atoms with Crippen molar-refractivity contribution in [1.82, 2.24) is 20.4 Å². The lowest BCUT2D eigenvalue weighted by Gasteiger charge is -2.38. The molecule has 1 atom stereocenters. The number of aromatic nitrogens is 2. The molecule has 2 heterocycles. The van der Waals surface area contributed by atoms with Crippen LogP contribution in [-0.4, -0.2) is 51.3 Å². The Morgan fingerprint density at radius 3 is 3.00 bits per heavy atom. The predicted octanol–water partition coefficient (Wildman–Crippen LogP) is 1.37. The van der Waals surface area contributed by atoms with Gasteiger partial charge in [0.15, 0.2) is 5.82 Å². The summed E-state index contributed by atoms with van der Waals surface area (Å²) < 4.78 is 5.13. The van der Waals surface area contributed by atoms with Crippen LogP contribution < -0.4 is 5.32 Å². The van der Waals surface area contributed by atoms with Crippen LogP contribution in [-0.2, 0) is 17.8 Å². The van der Waals surface area contributed by atoms with Gasteiger partial charge in [-0.1, -0.05) is 35.0 Å². The molecule has 1 aromatic heterocycles. The van der Waals surface area contributed by atoms with Gasteiger partial charge in [0.05, 0.1) is 18.6 Å². The van der Waals surface area contributed by atoms with E-state index in [2.05, 4.69) is 21.5 Å². The van der Waals surface area contributed by atoms with E-state index in [4.69, 9.17) is 4.52 Å². The van der Waals surface area contributed by atoms with Crippen LogP contribution >= 0.6 is 0 Å². The standard InChI is InChI=1S/C19H26N4O3/c1-14-5-3-6-16(9-14)11-20-17(24)12-23-8-4-7-19(25,13-23)10-18-21-15(2)22-26-18/h3,5-6,9,25H,4,7-8,10-13H2,1-2H3,(H,20,24). The molecule has 26 heavy (non-hydrogen) atoms. The number of β-amino-alcohol motifs (C(OH)–C–C–N with tert-alkyl or cyclic N) is 1. The number of hydrogen-bond donors (Lipinski definition) is 2. The SMILES string of the molecule is Cc1cccc(CNC(=O)CN2CCCC(O)(Cc3nc(C)no3)C2)c1. The van der Waals surface area contributed by atoms with E-state index in [9.17, 15) is 9.90 Å². The Labute approximate surface area is 153 Å². The Morgan fingerprint density at radius 1 is 1.42 bits per heavy atom. The molecule has 1 aromatic carbocycles. The minimum absolute atomic E-state index is 0.0376. The Morgan fingerprint density at radius 2 is 2.27 bits per heavy atom. The summed E-state index contributed by atoms with van der Waals surface area (Å²) in [4.78, 5) is 18.4. The van der Waals surface area contributed by atoms with Crippen molar-refractivity contribution in [3.63, 3.8) is 0 Å². The minimum atomic E-state index is -0.936. The summed E-state index contributed by atoms with van der Waals surface area (Å²) >= 11 is 0. The van der Waals surface area contributed by atoms with Gasteiger partial charge in [0, 0.05) is 13.1 Å². The largest absolute Gasteiger partial charge is 0.388 e. The molecule has 0 spiro atoms. The summed E-state index contributed by atoms with van der Waals surface area (Å²) in [6.07, 6.45) is 1.81. The van der Waals surface area contributed by atoms with Gasteiger partial charge in [0.1, 0.15) is 0 Å². The van der Waals surface area contributed by atoms with E-state index >= 15 is 0 Å². The second-order valence-electron chi connectivity index (χ2n) is 7.22. The van der Waals surface area contributed by atoms with Crippen molar-refractivity contribution in [2.75, 3.05) is 19.6 Å². The van der Waals surface area contributed by atoms with E-state index in [0.29, 0.717) is 37.6 Å². The van der Waals surface area contributed by atoms with Crippen molar-refractivity contribution in [1.29, 1.82) is 0 Å². The van der Waals surface area contributed by atoms with Crippen molar-refractivity contribution in [2.24, 2.45) is 0 Å². The first-order chi connectivity index (χ1) is 12.4. The van der Waals surface area contributed by atoms with Crippen molar-refractivity contribution < 1.29 is 14.4 Å². The van der Waals surface area contributed by atoms with Gasteiger partial charge in [-0.15, -0.1) is 0 Å². The summed E-state index contributed by atoms with van der Waals surface area (Å²) in [7, 11) is 0. The third-order valence-corrected chi connectivity index (χ3v) is 4.62. The number of hydrogen-bond acceptors (Lipinski definition) is 6. The summed E-state index contributed by atoms with van der Waals surface area (Å²) in [5.41, 5.74) is 1.32. The van der Waals surface area contributed by atoms with Gasteiger partial charge >= 0.3 is 0 Å². The number of nitrogens with zero attached hydrogens (tertiary/aromatic N) is 3. The van der Waals surface area contributed by atoms with E-state index in [1.807, 2.05) is 30.0 Å². The molecule has 7 nitrogen and oxygen atoms in total. The number of rotatable bonds is 6. The number of nitrogens with one attached hydrogen (secondary N) is 1. The van der Waals surface area contributed by atoms with Crippen LogP contribution in [0.1, 0.15) is 35.7 Å². The molecule has 0 aliphatic carbocycles. The number of likely N-dealkylation sites (tertiary alicyclic amines) is 1. The maximum atomic E-state index is 12.3. The van der Waals surface area contributed by atoms with Crippen LogP contribution in [0.2, 0.25) is 0 Å². The third kappa shape index (κ3) is 5.12. The van der Waals surface area contributed by atoms with Gasteiger partial charge < -0.3 is 14.9 Å². The number of aliphatic hydroxyl groups is 1. The smallest absolute Gasteiger partial charge is 0.234 e. The zero-order chi connectivity index (χ0) is 18.6. The quantitative estimate of drug-likeness (QED) is 0.810. The zero-order valence-electron chi connectivity index (χ0n) is 15.4. The fourth-order valence-electron chi connectivity index (χ4n) is 3.46. The molecule has 1 aliphatic rings. The average molecular weight is 358 g/mol. The van der Waals surface area contributed by atoms with Crippen LogP contribution in [0.15, 0.2) is 28.8 Å². The molecule has 1 saturated heterocycles. The monoisotopic (exact) mass is 358 g/mol. The predicted molar refractivity (Wildman–Crippen MR) is 96.4 cm³/mol. The molecule has 1 unspecified atom stereocenters. The number of carbonyl (C=O) groups is 1. The van der Waals surface area contributed by atoms with Gasteiger partial charge in [-0.3, -0.25) is 9.69 Å². The van der Waals surface area contributed by atoms with Crippen molar-refractivity contribution in [3.05, 3.63) is 47.1 Å². The van der Waals surface area contributed by atoms with Crippen LogP contribution in [0.25, 0.3) is 0 Å². The molecule has 1 aliphatic heterocycles. The minimum Gasteiger partial charge on any atom is -0.388 e. The van der Waals surface area contributed by atoms with Gasteiger partial charge in [-0.25, -0.2) is 0 Å². The molecule has 0 bridgehead atoms. The van der Waals surface area contributed by atoms with Crippen LogP contribution in [0.3, 0.4) is 0 Å². The first-order valence-corrected chi connectivity index (χ1v) is 8.98. The van der Waals surface area contributed by atoms with Crippen molar-refractivity contribution in [2.45, 2.75) is 45.3 Å². The highest BCUT2D eigenvalue weighted by molar-refractivity contribution is 5.78. The number of aryl methyl sites for hydroxylation is 2. The van der Waals surface area contributed by atoms with E-state index in [1.165, 1.54) is 5.56 Å². The van der Waals surface area contributed by atoms with E-state index in [0.717, 1.165) is 18.5 Å². The summed E-state index contributed by atoms with van der Waals surface area (Å²) in [6.45, 7) is 5.79. The van der Waals surface area contributed by atoms with E-state index < -0.39 is 5.60 Å². The zero-order valence-corrected chi connectivity index (χ0v) is 15.4. The van der Waals surface area contributed by atoms with E-state index in [1.54, 1.807) is 6.92 Å². The van der Waals surface area contributed by atoms with E-state index in [-0.39, 0.29) is 12.5 Å². The van der Waals surface area contributed by atoms with Crippen LogP contribution in [0, 0.1) is 13.8 Å². The van der Waals surface area contributed by atoms with Crippen LogP contribution in [0.4, 0.5) is 0 Å². The Hall–Kier alpha value is -2.25. The molecule has 2 N–H and O–H groups in total. The first kappa shape index (κ1) is 18.5. The lowest BCUT2D eigenvalue weighted by molar-refractivity contribution is -0.124. The van der Waals surface area contributed by atoms with Crippen LogP contribution in [0.5, 0.6) is 0 Å². The third-order valence-electron chi connectivity index (χ3n) is 4.62. The van der Waals surface area contributed by atoms with Gasteiger partial charge in [0.2, 0.25) is 11.8 Å². The topological polar surface area (TPSA) is 91.5 Å². The van der Waals surface area contributed by atoms with Crippen molar-refractivity contribution in [3.8, 4) is 0 Å². The lowest BCUT2D eigenvalue weighted by atomic mass is 9.89. The van der Waals surface area contributed by atoms with Gasteiger partial charge in [-0.05, 0) is 38.8 Å². The maximum Gasteiger partial charge on any atom is 0.234 e. The molecule has 1 amide bonds. The number of amides is 1. The summed E-state index contributed by atoms with van der Waals surface area (Å²) in [6, 6.07) is 8.08.